The third-order valence-electron chi connectivity index (χ3n) is 11.2. The number of imidazole rings is 2. The van der Waals surface area contributed by atoms with Crippen LogP contribution < -0.4 is 21.8 Å². The molecule has 396 valence electrons. The highest BCUT2D eigenvalue weighted by molar-refractivity contribution is 6.58. The van der Waals surface area contributed by atoms with Gasteiger partial charge in [0, 0.05) is 30.9 Å². The van der Waals surface area contributed by atoms with E-state index in [1.807, 2.05) is 178 Å². The summed E-state index contributed by atoms with van der Waals surface area (Å²) in [6.07, 6.45) is 3.51. The van der Waals surface area contributed by atoms with Crippen LogP contribution >= 0.6 is 0 Å². The number of aromatic amines is 6. The molecule has 0 saturated heterocycles. The van der Waals surface area contributed by atoms with Crippen LogP contribution in [0.25, 0.3) is 77.1 Å². The van der Waals surface area contributed by atoms with Gasteiger partial charge in [-0.2, -0.15) is 51.3 Å². The fourth-order valence-corrected chi connectivity index (χ4v) is 7.13. The smallest absolute Gasteiger partial charge is 0.423 e. The van der Waals surface area contributed by atoms with Crippen LogP contribution in [0.4, 0.5) is 17.3 Å². The van der Waals surface area contributed by atoms with Crippen LogP contribution in [0, 0.1) is 6.92 Å². The number of hydrogen-bond acceptors (Lipinski definition) is 17. The lowest BCUT2D eigenvalue weighted by molar-refractivity contribution is 0.154. The zero-order chi connectivity index (χ0) is 55.3. The van der Waals surface area contributed by atoms with Gasteiger partial charge in [0.15, 0.2) is 5.95 Å². The Bertz CT molecular complexity index is 3830. The minimum atomic E-state index is -1.37. The molecule has 15 rings (SSSR count). The van der Waals surface area contributed by atoms with Crippen molar-refractivity contribution >= 4 is 107 Å². The average Bonchev–Trinajstić information content (AvgIpc) is 4.35. The maximum atomic E-state index is 8.95. The first-order valence-electron chi connectivity index (χ1n) is 24.2. The molecule has 0 atom stereocenters. The van der Waals surface area contributed by atoms with Crippen molar-refractivity contribution in [2.45, 2.75) is 6.92 Å². The molecule has 0 fully saturated rings. The minimum absolute atomic E-state index is 0.473. The van der Waals surface area contributed by atoms with Crippen molar-refractivity contribution in [1.82, 2.24) is 91.5 Å². The van der Waals surface area contributed by atoms with E-state index in [0.29, 0.717) is 28.1 Å². The van der Waals surface area contributed by atoms with Gasteiger partial charge < -0.3 is 41.6 Å². The summed E-state index contributed by atoms with van der Waals surface area (Å²) in [6, 6.07) is 57.0. The Morgan fingerprint density at radius 2 is 1.06 bits per heavy atom. The first-order chi connectivity index (χ1) is 38.5. The zero-order valence-electron chi connectivity index (χ0n) is 42.9. The maximum absolute atomic E-state index is 8.95. The van der Waals surface area contributed by atoms with E-state index in [2.05, 4.69) is 86.7 Å². The van der Waals surface area contributed by atoms with Gasteiger partial charge in [-0.3, -0.25) is 5.10 Å². The number of nitrogens with two attached hydrogens (primary N) is 2. The molecule has 13 N–H and O–H groups in total. The SMILES string of the molecule is CN(C)c1ccc(B(O)O)cc1.Cc1ccc2n[nH]nc2c1.Nc1ccc2n[nH]nc2c1.Nc1nc2ccccc2[nH]1.On1nnc2ccccc21.c1ccc2[nH]cnc2c1.c1ccc2[nH]ncc2c1.c1ccc2n[nH]nc2c1. The summed E-state index contributed by atoms with van der Waals surface area (Å²) in [6.45, 7) is 2.04. The van der Waals surface area contributed by atoms with Crippen LogP contribution in [-0.2, 0) is 0 Å². The van der Waals surface area contributed by atoms with Gasteiger partial charge in [-0.05, 0) is 120 Å². The van der Waals surface area contributed by atoms with E-state index >= 15 is 0 Å². The average molecular weight is 1060 g/mol. The number of aromatic nitrogens is 18. The van der Waals surface area contributed by atoms with E-state index in [-0.39, 0.29) is 0 Å². The molecule has 0 amide bonds. The van der Waals surface area contributed by atoms with Gasteiger partial charge in [-0.1, -0.05) is 89.8 Å². The highest BCUT2D eigenvalue weighted by atomic mass is 16.5. The Balaban J connectivity index is 0.000000119. The Morgan fingerprint density at radius 1 is 0.532 bits per heavy atom. The highest BCUT2D eigenvalue weighted by Gasteiger charge is 2.09. The molecule has 24 nitrogen and oxygen atoms in total. The molecule has 0 spiro atoms. The van der Waals surface area contributed by atoms with Gasteiger partial charge in [0.2, 0.25) is 0 Å². The number of nitrogens with one attached hydrogen (secondary N) is 6. The zero-order valence-corrected chi connectivity index (χ0v) is 42.9. The second kappa shape index (κ2) is 27.0. The Morgan fingerprint density at radius 3 is 1.67 bits per heavy atom. The fourth-order valence-electron chi connectivity index (χ4n) is 7.13. The third-order valence-corrected chi connectivity index (χ3v) is 11.2. The van der Waals surface area contributed by atoms with E-state index in [0.717, 1.165) is 76.6 Å². The molecule has 15 aromatic rings. The van der Waals surface area contributed by atoms with Crippen molar-refractivity contribution in [2.75, 3.05) is 30.5 Å². The predicted octanol–water partition coefficient (Wildman–Crippen LogP) is 7.14. The molecule has 0 saturated carbocycles. The Kier molecular flexibility index (Phi) is 18.5. The van der Waals surface area contributed by atoms with Crippen molar-refractivity contribution in [1.29, 1.82) is 0 Å². The number of aryl methyl sites for hydroxylation is 1. The van der Waals surface area contributed by atoms with Gasteiger partial charge in [-0.25, -0.2) is 9.97 Å². The van der Waals surface area contributed by atoms with Gasteiger partial charge >= 0.3 is 7.12 Å². The lowest BCUT2D eigenvalue weighted by Crippen LogP contribution is -2.29. The molecule has 0 aliphatic heterocycles. The van der Waals surface area contributed by atoms with Crippen molar-refractivity contribution in [2.24, 2.45) is 0 Å². The quantitative estimate of drug-likeness (QED) is 0.0465. The molecule has 0 unspecified atom stereocenters. The first kappa shape index (κ1) is 54.2. The molecule has 0 aliphatic carbocycles. The number of H-pyrrole nitrogens is 6. The topological polar surface area (TPSA) is 357 Å². The van der Waals surface area contributed by atoms with E-state index in [1.165, 1.54) is 5.56 Å². The molecule has 8 aromatic carbocycles. The maximum Gasteiger partial charge on any atom is 0.488 e. The molecule has 25 heteroatoms. The molecule has 0 bridgehead atoms. The first-order valence-corrected chi connectivity index (χ1v) is 24.2. The number of para-hydroxylation sites is 8. The number of nitrogens with zero attached hydrogens (tertiary/aromatic N) is 13. The Hall–Kier alpha value is -11.0. The number of anilines is 3. The number of fused-ring (bicyclic) bond motifs is 7. The van der Waals surface area contributed by atoms with E-state index in [1.54, 1.807) is 42.7 Å². The lowest BCUT2D eigenvalue weighted by Gasteiger charge is -2.12. The van der Waals surface area contributed by atoms with Crippen LogP contribution in [-0.4, -0.2) is 128 Å². The minimum Gasteiger partial charge on any atom is -0.423 e. The molecule has 0 radical (unpaired) electrons. The predicted molar refractivity (Wildman–Crippen MR) is 309 cm³/mol. The molecule has 79 heavy (non-hydrogen) atoms. The lowest BCUT2D eigenvalue weighted by atomic mass is 9.80. The highest BCUT2D eigenvalue weighted by Crippen LogP contribution is 2.14. The van der Waals surface area contributed by atoms with Gasteiger partial charge in [0.25, 0.3) is 0 Å². The van der Waals surface area contributed by atoms with Gasteiger partial charge in [-0.15, -0.1) is 5.10 Å². The standard InChI is InChI=1S/C8H12BNO2.2C7H7N3.2C7H6N2.C6H6N4.C6H5N3O.C6H5N3/c1-10(2)8-5-3-7(4-6-8)9(11)12;1-5-2-3-6-7(4-5)9-10-8-6;8-7-9-5-3-1-2-4-6(5)10-7;1-2-4-7-6(3-1)8-5-9-7;1-2-4-7-6(3-1)5-8-9-7;7-4-1-2-5-6(3-4)9-10-8-5;10-9-6-4-2-1-3-5(6)7-8-9;1-2-4-6-5(3-1)7-9-8-6/h3-6,11-12H,1-2H3;2-4H,1H3,(H,8,9,10);1-4H,(H3,8,9,10);2*1-5H,(H,8,9);1-3H,7H2,(H,8,9,10);1-4,10H;1-4H,(H,7,8,9). The number of hydrogen-bond donors (Lipinski definition) is 11. The summed E-state index contributed by atoms with van der Waals surface area (Å²) in [5.41, 5.74) is 26.2. The summed E-state index contributed by atoms with van der Waals surface area (Å²) in [7, 11) is 2.50. The van der Waals surface area contributed by atoms with E-state index < -0.39 is 7.12 Å². The van der Waals surface area contributed by atoms with Crippen LogP contribution in [0.5, 0.6) is 0 Å². The van der Waals surface area contributed by atoms with Crippen LogP contribution in [0.3, 0.4) is 0 Å². The normalized spacial score (nSPS) is 10.2. The van der Waals surface area contributed by atoms with Gasteiger partial charge in [0.05, 0.1) is 40.1 Å². The molecule has 7 heterocycles. The summed E-state index contributed by atoms with van der Waals surface area (Å²) in [5.74, 6) is 0.473. The van der Waals surface area contributed by atoms with E-state index in [9.17, 15) is 0 Å². The van der Waals surface area contributed by atoms with E-state index in [4.69, 9.17) is 26.7 Å². The molecular formula is C54H54BN21O3. The van der Waals surface area contributed by atoms with Crippen molar-refractivity contribution < 1.29 is 15.3 Å². The fraction of sp³-hybridized carbons (Fsp3) is 0.0556. The molecular weight excluding hydrogens is 1000 g/mol. The second-order valence-corrected chi connectivity index (χ2v) is 17.0. The third kappa shape index (κ3) is 15.5. The van der Waals surface area contributed by atoms with Crippen molar-refractivity contribution in [3.05, 3.63) is 200 Å². The number of nitrogen functional groups attached to an aromatic ring is 2. The number of benzene rings is 8. The van der Waals surface area contributed by atoms with Crippen molar-refractivity contribution in [3.63, 3.8) is 0 Å². The molecule has 7 aromatic heterocycles. The van der Waals surface area contributed by atoms with Crippen LogP contribution in [0.2, 0.25) is 0 Å². The Labute approximate surface area is 449 Å². The summed E-state index contributed by atoms with van der Waals surface area (Å²) in [4.78, 5) is 16.7. The summed E-state index contributed by atoms with van der Waals surface area (Å²) >= 11 is 0. The van der Waals surface area contributed by atoms with Crippen LogP contribution in [0.1, 0.15) is 5.56 Å². The monoisotopic (exact) mass is 1060 g/mol. The van der Waals surface area contributed by atoms with Gasteiger partial charge in [0.1, 0.15) is 44.1 Å². The number of rotatable bonds is 2. The summed E-state index contributed by atoms with van der Waals surface area (Å²) < 4.78 is 0. The van der Waals surface area contributed by atoms with Crippen molar-refractivity contribution in [3.8, 4) is 0 Å². The summed E-state index contributed by atoms with van der Waals surface area (Å²) in [5, 5.41) is 72.5. The second-order valence-electron chi connectivity index (χ2n) is 17.0. The largest absolute Gasteiger partial charge is 0.488 e. The van der Waals surface area contributed by atoms with Crippen LogP contribution in [0.15, 0.2) is 195 Å². The molecule has 0 aliphatic rings.